The number of aromatic nitrogens is 2. The monoisotopic (exact) mass is 222 g/mol. The number of rotatable bonds is 2. The standard InChI is InChI=1S/C7H6N2O4.K.H/c1-3-2-8-4(6(10)11)5(9-3)7(12)13;;/h2H,1H3,(H,10,11)(H,12,13);;/q;+1;-1. The molecular weight excluding hydrogens is 215 g/mol. The van der Waals surface area contributed by atoms with Crippen LogP contribution in [-0.4, -0.2) is 32.1 Å². The fraction of sp³-hybridized carbons (Fsp3) is 0.143. The quantitative estimate of drug-likeness (QED) is 0.528. The number of hydrogen-bond donors (Lipinski definition) is 2. The Balaban J connectivity index is 0. The number of carboxylic acid groups (broad SMARTS) is 2. The van der Waals surface area contributed by atoms with E-state index in [0.717, 1.165) is 0 Å². The van der Waals surface area contributed by atoms with Crippen molar-refractivity contribution in [2.75, 3.05) is 0 Å². The summed E-state index contributed by atoms with van der Waals surface area (Å²) in [7, 11) is 0. The molecule has 2 N–H and O–H groups in total. The van der Waals surface area contributed by atoms with E-state index in [2.05, 4.69) is 9.97 Å². The van der Waals surface area contributed by atoms with Gasteiger partial charge in [-0.25, -0.2) is 19.6 Å². The third kappa shape index (κ3) is 3.10. The van der Waals surface area contributed by atoms with E-state index in [-0.39, 0.29) is 52.8 Å². The second-order valence-electron chi connectivity index (χ2n) is 2.32. The summed E-state index contributed by atoms with van der Waals surface area (Å²) < 4.78 is 0. The van der Waals surface area contributed by atoms with Crippen molar-refractivity contribution >= 4 is 11.9 Å². The summed E-state index contributed by atoms with van der Waals surface area (Å²) in [5.41, 5.74) is -0.715. The van der Waals surface area contributed by atoms with E-state index in [0.29, 0.717) is 5.69 Å². The molecule has 0 aliphatic carbocycles. The first kappa shape index (κ1) is 13.7. The smallest absolute Gasteiger partial charge is 1.00 e. The van der Waals surface area contributed by atoms with Crippen LogP contribution in [0.25, 0.3) is 0 Å². The van der Waals surface area contributed by atoms with Crippen LogP contribution in [0.4, 0.5) is 0 Å². The molecule has 0 bridgehead atoms. The summed E-state index contributed by atoms with van der Waals surface area (Å²) >= 11 is 0. The second-order valence-corrected chi connectivity index (χ2v) is 2.32. The van der Waals surface area contributed by atoms with Gasteiger partial charge in [0.15, 0.2) is 11.4 Å². The van der Waals surface area contributed by atoms with Crippen LogP contribution in [-0.2, 0) is 0 Å². The molecule has 7 heteroatoms. The van der Waals surface area contributed by atoms with Crippen LogP contribution in [0.3, 0.4) is 0 Å². The van der Waals surface area contributed by atoms with Crippen molar-refractivity contribution in [1.82, 2.24) is 9.97 Å². The topological polar surface area (TPSA) is 100 Å². The van der Waals surface area contributed by atoms with E-state index < -0.39 is 23.3 Å². The van der Waals surface area contributed by atoms with Crippen LogP contribution in [0.15, 0.2) is 6.20 Å². The van der Waals surface area contributed by atoms with E-state index in [1.807, 2.05) is 0 Å². The maximum Gasteiger partial charge on any atom is 1.00 e. The molecular formula is C7H7KN2O4. The molecule has 1 heterocycles. The fourth-order valence-electron chi connectivity index (χ4n) is 0.783. The van der Waals surface area contributed by atoms with Crippen molar-refractivity contribution in [1.29, 1.82) is 0 Å². The molecule has 0 spiro atoms. The maximum absolute atomic E-state index is 10.5. The Hall–Kier alpha value is -0.344. The molecule has 1 aromatic heterocycles. The molecule has 0 atom stereocenters. The van der Waals surface area contributed by atoms with Gasteiger partial charge < -0.3 is 11.6 Å². The summed E-state index contributed by atoms with van der Waals surface area (Å²) in [5.74, 6) is -2.79. The van der Waals surface area contributed by atoms with Crippen LogP contribution in [0.5, 0.6) is 0 Å². The molecule has 1 aromatic rings. The molecule has 0 amide bonds. The molecule has 14 heavy (non-hydrogen) atoms. The minimum absolute atomic E-state index is 0. The van der Waals surface area contributed by atoms with Gasteiger partial charge in [-0.05, 0) is 6.92 Å². The number of carbonyl (C=O) groups is 2. The van der Waals surface area contributed by atoms with Crippen molar-refractivity contribution in [3.63, 3.8) is 0 Å². The average molecular weight is 222 g/mol. The zero-order valence-corrected chi connectivity index (χ0v) is 10.8. The van der Waals surface area contributed by atoms with Crippen molar-refractivity contribution in [3.05, 3.63) is 23.3 Å². The first-order valence-electron chi connectivity index (χ1n) is 3.32. The summed E-state index contributed by atoms with van der Waals surface area (Å²) in [5, 5.41) is 17.1. The zero-order chi connectivity index (χ0) is 10.0. The summed E-state index contributed by atoms with van der Waals surface area (Å²) in [6.45, 7) is 1.53. The van der Waals surface area contributed by atoms with E-state index >= 15 is 0 Å². The summed E-state index contributed by atoms with van der Waals surface area (Å²) in [6.07, 6.45) is 1.20. The summed E-state index contributed by atoms with van der Waals surface area (Å²) in [6, 6.07) is 0. The Labute approximate surface area is 123 Å². The number of aromatic carboxylic acids is 2. The average Bonchev–Trinajstić information content (AvgIpc) is 2.03. The molecule has 6 nitrogen and oxygen atoms in total. The number of nitrogens with zero attached hydrogens (tertiary/aromatic N) is 2. The molecule has 0 aliphatic rings. The molecule has 0 fully saturated rings. The number of aryl methyl sites for hydroxylation is 1. The van der Waals surface area contributed by atoms with Gasteiger partial charge in [0.05, 0.1) is 5.69 Å². The molecule has 0 saturated carbocycles. The normalized spacial score (nSPS) is 8.93. The van der Waals surface area contributed by atoms with Crippen LogP contribution < -0.4 is 51.4 Å². The Morgan fingerprint density at radius 1 is 1.29 bits per heavy atom. The molecule has 0 unspecified atom stereocenters. The predicted molar refractivity (Wildman–Crippen MR) is 41.8 cm³/mol. The van der Waals surface area contributed by atoms with Gasteiger partial charge in [-0.2, -0.15) is 0 Å². The summed E-state index contributed by atoms with van der Waals surface area (Å²) in [4.78, 5) is 28.0. The minimum Gasteiger partial charge on any atom is -1.00 e. The van der Waals surface area contributed by atoms with Gasteiger partial charge in [0.25, 0.3) is 0 Å². The van der Waals surface area contributed by atoms with Gasteiger partial charge in [0.2, 0.25) is 0 Å². The van der Waals surface area contributed by atoms with E-state index in [1.165, 1.54) is 13.1 Å². The SMILES string of the molecule is Cc1cnc(C(=O)O)c(C(=O)O)n1.[H-].[K+]. The molecule has 0 aliphatic heterocycles. The zero-order valence-electron chi connectivity index (χ0n) is 8.68. The van der Waals surface area contributed by atoms with Crippen LogP contribution in [0, 0.1) is 6.92 Å². The predicted octanol–water partition coefficient (Wildman–Crippen LogP) is -2.70. The Morgan fingerprint density at radius 3 is 2.21 bits per heavy atom. The Bertz CT molecular complexity index is 385. The van der Waals surface area contributed by atoms with E-state index in [9.17, 15) is 9.59 Å². The van der Waals surface area contributed by atoms with Gasteiger partial charge in [0.1, 0.15) is 0 Å². The number of carboxylic acids is 2. The van der Waals surface area contributed by atoms with E-state index in [4.69, 9.17) is 10.2 Å². The second kappa shape index (κ2) is 5.52. The van der Waals surface area contributed by atoms with E-state index in [1.54, 1.807) is 0 Å². The van der Waals surface area contributed by atoms with Crippen LogP contribution in [0.1, 0.15) is 28.1 Å². The van der Waals surface area contributed by atoms with Gasteiger partial charge >= 0.3 is 63.3 Å². The molecule has 0 aromatic carbocycles. The third-order valence-electron chi connectivity index (χ3n) is 1.30. The van der Waals surface area contributed by atoms with Gasteiger partial charge in [0, 0.05) is 6.20 Å². The molecule has 70 valence electrons. The third-order valence-corrected chi connectivity index (χ3v) is 1.30. The fourth-order valence-corrected chi connectivity index (χ4v) is 0.783. The van der Waals surface area contributed by atoms with Crippen molar-refractivity contribution in [2.24, 2.45) is 0 Å². The Morgan fingerprint density at radius 2 is 1.79 bits per heavy atom. The van der Waals surface area contributed by atoms with Crippen LogP contribution in [0.2, 0.25) is 0 Å². The number of hydrogen-bond acceptors (Lipinski definition) is 4. The van der Waals surface area contributed by atoms with Crippen molar-refractivity contribution in [2.45, 2.75) is 6.92 Å². The minimum atomic E-state index is -1.40. The Kier molecular flexibility index (Phi) is 5.38. The van der Waals surface area contributed by atoms with Crippen molar-refractivity contribution in [3.8, 4) is 0 Å². The first-order valence-corrected chi connectivity index (χ1v) is 3.32. The first-order chi connectivity index (χ1) is 6.02. The largest absolute Gasteiger partial charge is 1.00 e. The van der Waals surface area contributed by atoms with Gasteiger partial charge in [-0.15, -0.1) is 0 Å². The molecule has 0 saturated heterocycles. The van der Waals surface area contributed by atoms with Crippen LogP contribution >= 0.6 is 0 Å². The maximum atomic E-state index is 10.5. The molecule has 1 rings (SSSR count). The van der Waals surface area contributed by atoms with Crippen molar-refractivity contribution < 1.29 is 72.6 Å². The van der Waals surface area contributed by atoms with Gasteiger partial charge in [-0.1, -0.05) is 0 Å². The molecule has 0 radical (unpaired) electrons. The van der Waals surface area contributed by atoms with Gasteiger partial charge in [-0.3, -0.25) is 0 Å².